The van der Waals surface area contributed by atoms with Crippen molar-refractivity contribution in [3.05, 3.63) is 51.8 Å². The first-order chi connectivity index (χ1) is 16.0. The summed E-state index contributed by atoms with van der Waals surface area (Å²) in [6.07, 6.45) is -0.103. The number of carbonyl (C=O) groups is 1. The number of nitriles is 1. The molecule has 0 saturated heterocycles. The predicted octanol–water partition coefficient (Wildman–Crippen LogP) is 6.73. The number of nitrogens with zero attached hydrogens (tertiary/aromatic N) is 3. The van der Waals surface area contributed by atoms with E-state index in [0.717, 1.165) is 12.0 Å². The summed E-state index contributed by atoms with van der Waals surface area (Å²) in [5, 5.41) is 14.9. The molecule has 0 aliphatic carbocycles. The van der Waals surface area contributed by atoms with E-state index in [1.54, 1.807) is 11.6 Å². The molecule has 7 nitrogen and oxygen atoms in total. The van der Waals surface area contributed by atoms with Gasteiger partial charge in [-0.05, 0) is 42.7 Å². The number of allylic oxidation sites excluding steroid dienone is 1. The van der Waals surface area contributed by atoms with Crippen LogP contribution in [0.1, 0.15) is 70.5 Å². The van der Waals surface area contributed by atoms with Gasteiger partial charge in [0, 0.05) is 6.54 Å². The molecule has 0 atom stereocenters. The quantitative estimate of drug-likeness (QED) is 0.169. The Morgan fingerprint density at radius 3 is 2.35 bits per heavy atom. The Morgan fingerprint density at radius 1 is 1.18 bits per heavy atom. The largest absolute Gasteiger partial charge is 0.511 e. The van der Waals surface area contributed by atoms with Crippen molar-refractivity contribution in [2.45, 2.75) is 66.8 Å². The van der Waals surface area contributed by atoms with E-state index in [0.29, 0.717) is 34.4 Å². The van der Waals surface area contributed by atoms with Crippen LogP contribution >= 0.6 is 11.6 Å². The fraction of sp³-hybridized carbons (Fsp3) is 0.500. The topological polar surface area (TPSA) is 86.4 Å². The molecule has 0 bridgehead atoms. The molecular formula is C26H34ClN3O4. The van der Waals surface area contributed by atoms with Gasteiger partial charge < -0.3 is 14.2 Å². The van der Waals surface area contributed by atoms with Gasteiger partial charge in [-0.1, -0.05) is 70.5 Å². The minimum atomic E-state index is -0.834. The molecule has 184 valence electrons. The van der Waals surface area contributed by atoms with Crippen LogP contribution in [0.15, 0.2) is 24.3 Å². The van der Waals surface area contributed by atoms with Gasteiger partial charge in [0.2, 0.25) is 6.79 Å². The van der Waals surface area contributed by atoms with Crippen LogP contribution in [0, 0.1) is 24.2 Å². The van der Waals surface area contributed by atoms with E-state index in [1.165, 1.54) is 0 Å². The smallest absolute Gasteiger partial charge is 0.453 e. The van der Waals surface area contributed by atoms with Crippen LogP contribution in [0.3, 0.4) is 0 Å². The lowest BCUT2D eigenvalue weighted by Crippen LogP contribution is -2.14. The minimum absolute atomic E-state index is 0.0284. The van der Waals surface area contributed by atoms with Crippen molar-refractivity contribution in [2.24, 2.45) is 5.92 Å². The summed E-state index contributed by atoms with van der Waals surface area (Å²) in [7, 11) is 0. The van der Waals surface area contributed by atoms with Crippen molar-refractivity contribution in [3.8, 4) is 6.07 Å². The molecule has 0 saturated carbocycles. The highest BCUT2D eigenvalue weighted by Crippen LogP contribution is 2.34. The monoisotopic (exact) mass is 487 g/mol. The van der Waals surface area contributed by atoms with Crippen molar-refractivity contribution in [3.63, 3.8) is 0 Å². The summed E-state index contributed by atoms with van der Waals surface area (Å²) >= 11 is 6.56. The SMILES string of the molecule is CCn1nc(C)c(Cl)c1/C(OCOC(=O)OCCC(C)C)=C(\C#N)c1ccc(C(C)(C)C)cc1. The highest BCUT2D eigenvalue weighted by molar-refractivity contribution is 6.33. The lowest BCUT2D eigenvalue weighted by atomic mass is 9.86. The van der Waals surface area contributed by atoms with E-state index < -0.39 is 12.9 Å². The molecule has 0 aliphatic rings. The van der Waals surface area contributed by atoms with E-state index in [-0.39, 0.29) is 23.4 Å². The molecule has 2 aromatic rings. The van der Waals surface area contributed by atoms with Gasteiger partial charge in [-0.2, -0.15) is 10.4 Å². The summed E-state index contributed by atoms with van der Waals surface area (Å²) in [6.45, 7) is 14.5. The maximum absolute atomic E-state index is 11.9. The van der Waals surface area contributed by atoms with Gasteiger partial charge in [0.25, 0.3) is 0 Å². The highest BCUT2D eigenvalue weighted by atomic mass is 35.5. The molecule has 0 aliphatic heterocycles. The number of hydrogen-bond donors (Lipinski definition) is 0. The second-order valence-electron chi connectivity index (χ2n) is 9.39. The van der Waals surface area contributed by atoms with E-state index in [2.05, 4.69) is 31.9 Å². The standard InChI is InChI=1S/C26H34ClN3O4/c1-8-30-23(22(27)18(4)29-30)24(33-16-34-25(31)32-14-13-17(2)3)21(15-28)19-9-11-20(12-10-19)26(5,6)7/h9-12,17H,8,13-14,16H2,1-7H3/b24-21-. The van der Waals surface area contributed by atoms with Crippen LogP contribution in [-0.4, -0.2) is 29.3 Å². The third-order valence-electron chi connectivity index (χ3n) is 5.24. The number of ether oxygens (including phenoxy) is 3. The lowest BCUT2D eigenvalue weighted by Gasteiger charge is -2.19. The number of benzene rings is 1. The normalized spacial score (nSPS) is 12.2. The molecule has 8 heteroatoms. The first-order valence-electron chi connectivity index (χ1n) is 11.4. The predicted molar refractivity (Wildman–Crippen MR) is 133 cm³/mol. The van der Waals surface area contributed by atoms with Crippen LogP contribution < -0.4 is 0 Å². The van der Waals surface area contributed by atoms with Crippen LogP contribution in [0.5, 0.6) is 0 Å². The van der Waals surface area contributed by atoms with Gasteiger partial charge in [0.1, 0.15) is 17.3 Å². The maximum Gasteiger partial charge on any atom is 0.511 e. The number of carbonyl (C=O) groups excluding carboxylic acids is 1. The summed E-state index contributed by atoms with van der Waals surface area (Å²) in [4.78, 5) is 11.9. The highest BCUT2D eigenvalue weighted by Gasteiger charge is 2.24. The van der Waals surface area contributed by atoms with Crippen molar-refractivity contribution >= 4 is 29.1 Å². The minimum Gasteiger partial charge on any atom is -0.453 e. The van der Waals surface area contributed by atoms with Crippen molar-refractivity contribution in [1.82, 2.24) is 9.78 Å². The van der Waals surface area contributed by atoms with E-state index in [4.69, 9.17) is 25.8 Å². The summed E-state index contributed by atoms with van der Waals surface area (Å²) in [6, 6.07) is 9.94. The molecule has 1 aromatic heterocycles. The molecule has 1 aromatic carbocycles. The van der Waals surface area contributed by atoms with Gasteiger partial charge in [0.15, 0.2) is 5.76 Å². The first kappa shape index (κ1) is 27.3. The summed E-state index contributed by atoms with van der Waals surface area (Å²) in [5.74, 6) is 0.592. The third-order valence-corrected chi connectivity index (χ3v) is 5.70. The van der Waals surface area contributed by atoms with Gasteiger partial charge in [-0.25, -0.2) is 4.79 Å². The molecule has 0 unspecified atom stereocenters. The lowest BCUT2D eigenvalue weighted by molar-refractivity contribution is -0.00693. The zero-order valence-electron chi connectivity index (χ0n) is 21.1. The van der Waals surface area contributed by atoms with Gasteiger partial charge >= 0.3 is 6.16 Å². The first-order valence-corrected chi connectivity index (χ1v) is 11.8. The molecule has 0 amide bonds. The van der Waals surface area contributed by atoms with Crippen molar-refractivity contribution in [2.75, 3.05) is 13.4 Å². The Kier molecular flexibility index (Phi) is 9.57. The van der Waals surface area contributed by atoms with Gasteiger partial charge in [-0.3, -0.25) is 4.68 Å². The van der Waals surface area contributed by atoms with Crippen molar-refractivity contribution in [1.29, 1.82) is 5.26 Å². The van der Waals surface area contributed by atoms with Gasteiger partial charge in [0.05, 0.1) is 17.3 Å². The molecular weight excluding hydrogens is 454 g/mol. The molecule has 1 heterocycles. The molecule has 0 N–H and O–H groups in total. The summed E-state index contributed by atoms with van der Waals surface area (Å²) in [5.41, 5.74) is 3.08. The fourth-order valence-electron chi connectivity index (χ4n) is 3.20. The van der Waals surface area contributed by atoms with Gasteiger partial charge in [-0.15, -0.1) is 0 Å². The van der Waals surface area contributed by atoms with Crippen molar-refractivity contribution < 1.29 is 19.0 Å². The van der Waals surface area contributed by atoms with E-state index >= 15 is 0 Å². The second-order valence-corrected chi connectivity index (χ2v) is 9.77. The molecule has 34 heavy (non-hydrogen) atoms. The van der Waals surface area contributed by atoms with Crippen LogP contribution in [-0.2, 0) is 26.2 Å². The Hall–Kier alpha value is -2.98. The fourth-order valence-corrected chi connectivity index (χ4v) is 3.42. The Labute approximate surface area is 207 Å². The number of aromatic nitrogens is 2. The second kappa shape index (κ2) is 11.9. The summed E-state index contributed by atoms with van der Waals surface area (Å²) < 4.78 is 17.7. The number of aryl methyl sites for hydroxylation is 2. The zero-order valence-corrected chi connectivity index (χ0v) is 21.8. The van der Waals surface area contributed by atoms with Crippen LogP contribution in [0.2, 0.25) is 5.02 Å². The Balaban J connectivity index is 2.41. The number of hydrogen-bond acceptors (Lipinski definition) is 6. The number of halogens is 1. The van der Waals surface area contributed by atoms with Crippen LogP contribution in [0.4, 0.5) is 4.79 Å². The molecule has 0 spiro atoms. The average Bonchev–Trinajstić information content (AvgIpc) is 3.06. The number of rotatable bonds is 9. The third kappa shape index (κ3) is 7.01. The molecule has 0 fully saturated rings. The van der Waals surface area contributed by atoms with E-state index in [1.807, 2.05) is 45.0 Å². The van der Waals surface area contributed by atoms with E-state index in [9.17, 15) is 10.1 Å². The Bertz CT molecular complexity index is 1060. The zero-order chi connectivity index (χ0) is 25.5. The Morgan fingerprint density at radius 2 is 1.82 bits per heavy atom. The maximum atomic E-state index is 11.9. The average molecular weight is 488 g/mol. The molecule has 2 rings (SSSR count). The molecule has 0 radical (unpaired) electrons. The van der Waals surface area contributed by atoms with Crippen LogP contribution in [0.25, 0.3) is 11.3 Å².